The van der Waals surface area contributed by atoms with E-state index < -0.39 is 12.1 Å². The third-order valence-electron chi connectivity index (χ3n) is 6.54. The Morgan fingerprint density at radius 2 is 1.97 bits per heavy atom. The number of alkyl halides is 2. The van der Waals surface area contributed by atoms with E-state index >= 15 is 0 Å². The molecular formula is C24H34F2N6O. The third kappa shape index (κ3) is 4.78. The number of nitrogens with one attached hydrogen (secondary N) is 2. The quantitative estimate of drug-likeness (QED) is 0.475. The first-order valence-corrected chi connectivity index (χ1v) is 11.3. The van der Waals surface area contributed by atoms with E-state index in [0.29, 0.717) is 12.0 Å². The largest absolute Gasteiger partial charge is 0.496 e. The number of rotatable bonds is 9. The minimum absolute atomic E-state index is 0.108. The fourth-order valence-corrected chi connectivity index (χ4v) is 4.55. The number of anilines is 2. The van der Waals surface area contributed by atoms with E-state index in [0.717, 1.165) is 30.8 Å². The molecule has 1 aromatic heterocycles. The summed E-state index contributed by atoms with van der Waals surface area (Å²) < 4.78 is 32.5. The molecule has 1 saturated heterocycles. The van der Waals surface area contributed by atoms with Gasteiger partial charge in [0.25, 0.3) is 6.43 Å². The molecule has 9 heteroatoms. The van der Waals surface area contributed by atoms with Crippen LogP contribution in [-0.2, 0) is 6.42 Å². The second-order valence-corrected chi connectivity index (χ2v) is 8.86. The molecule has 180 valence electrons. The van der Waals surface area contributed by atoms with E-state index in [2.05, 4.69) is 53.9 Å². The molecule has 1 unspecified atom stereocenters. The van der Waals surface area contributed by atoms with Gasteiger partial charge in [0.1, 0.15) is 29.4 Å². The highest BCUT2D eigenvalue weighted by atomic mass is 19.3. The highest BCUT2D eigenvalue weighted by Gasteiger charge is 2.35. The average Bonchev–Trinajstić information content (AvgIpc) is 2.72. The zero-order chi connectivity index (χ0) is 24.4. The fraction of sp³-hybridized carbons (Fsp3) is 0.542. The highest BCUT2D eigenvalue weighted by molar-refractivity contribution is 6.07. The van der Waals surface area contributed by atoms with Gasteiger partial charge in [0.15, 0.2) is 0 Å². The van der Waals surface area contributed by atoms with Gasteiger partial charge in [-0.2, -0.15) is 0 Å². The summed E-state index contributed by atoms with van der Waals surface area (Å²) in [5.41, 5.74) is 9.34. The van der Waals surface area contributed by atoms with E-state index in [1.165, 1.54) is 23.0 Å². The summed E-state index contributed by atoms with van der Waals surface area (Å²) in [5.74, 6) is 1.14. The smallest absolute Gasteiger partial charge is 0.280 e. The van der Waals surface area contributed by atoms with Crippen molar-refractivity contribution >= 4 is 17.3 Å². The zero-order valence-corrected chi connectivity index (χ0v) is 20.2. The molecule has 3 rings (SSSR count). The van der Waals surface area contributed by atoms with Crippen LogP contribution < -0.4 is 15.8 Å². The summed E-state index contributed by atoms with van der Waals surface area (Å²) in [4.78, 5) is 10.3. The molecule has 0 saturated carbocycles. The van der Waals surface area contributed by atoms with Crippen molar-refractivity contribution in [2.24, 2.45) is 0 Å². The lowest BCUT2D eigenvalue weighted by Crippen LogP contribution is -2.49. The van der Waals surface area contributed by atoms with Gasteiger partial charge in [0.2, 0.25) is 0 Å². The van der Waals surface area contributed by atoms with Gasteiger partial charge in [-0.25, -0.2) is 18.7 Å². The Labute approximate surface area is 194 Å². The van der Waals surface area contributed by atoms with Crippen LogP contribution in [0.1, 0.15) is 67.5 Å². The number of aromatic nitrogens is 2. The number of likely N-dealkylation sites (tertiary alicyclic amines) is 1. The molecule has 2 aromatic rings. The molecule has 7 nitrogen and oxygen atoms in total. The minimum atomic E-state index is -2.98. The predicted molar refractivity (Wildman–Crippen MR) is 128 cm³/mol. The summed E-state index contributed by atoms with van der Waals surface area (Å²) in [6.07, 6.45) is -0.911. The number of ether oxygens (including phenoxy) is 1. The summed E-state index contributed by atoms with van der Waals surface area (Å²) in [7, 11) is 1.67. The second kappa shape index (κ2) is 9.99. The number of benzene rings is 1. The minimum Gasteiger partial charge on any atom is -0.496 e. The molecule has 2 heterocycles. The van der Waals surface area contributed by atoms with E-state index in [4.69, 9.17) is 15.9 Å². The second-order valence-electron chi connectivity index (χ2n) is 8.86. The van der Waals surface area contributed by atoms with Gasteiger partial charge in [-0.05, 0) is 51.3 Å². The van der Waals surface area contributed by atoms with Crippen LogP contribution in [0.3, 0.4) is 0 Å². The molecule has 0 amide bonds. The van der Waals surface area contributed by atoms with Crippen molar-refractivity contribution in [3.8, 4) is 5.75 Å². The van der Waals surface area contributed by atoms with Crippen molar-refractivity contribution in [3.05, 3.63) is 40.2 Å². The average molecular weight is 461 g/mol. The Morgan fingerprint density at radius 1 is 1.30 bits per heavy atom. The van der Waals surface area contributed by atoms with E-state index in [1.54, 1.807) is 7.11 Å². The summed E-state index contributed by atoms with van der Waals surface area (Å²) >= 11 is 0. The Bertz CT molecular complexity index is 1020. The molecule has 1 atom stereocenters. The topological polar surface area (TPSA) is 100 Å². The first-order chi connectivity index (χ1) is 15.6. The molecule has 1 aromatic carbocycles. The van der Waals surface area contributed by atoms with Gasteiger partial charge in [0, 0.05) is 36.2 Å². The van der Waals surface area contributed by atoms with Crippen LogP contribution in [0.5, 0.6) is 5.75 Å². The van der Waals surface area contributed by atoms with Crippen molar-refractivity contribution in [1.29, 1.82) is 5.41 Å². The predicted octanol–water partition coefficient (Wildman–Crippen LogP) is 4.55. The Morgan fingerprint density at radius 3 is 2.52 bits per heavy atom. The monoisotopic (exact) mass is 460 g/mol. The Kier molecular flexibility index (Phi) is 7.51. The van der Waals surface area contributed by atoms with Crippen LogP contribution in [0.25, 0.3) is 0 Å². The van der Waals surface area contributed by atoms with Crippen molar-refractivity contribution in [2.75, 3.05) is 31.2 Å². The number of nitrogens with zero attached hydrogens (tertiary/aromatic N) is 3. The van der Waals surface area contributed by atoms with Crippen LogP contribution in [0.4, 0.5) is 20.4 Å². The maximum atomic E-state index is 13.3. The van der Waals surface area contributed by atoms with Gasteiger partial charge in [-0.1, -0.05) is 6.92 Å². The number of methoxy groups -OCH3 is 1. The maximum Gasteiger partial charge on any atom is 0.280 e. The molecule has 0 radical (unpaired) electrons. The number of halogens is 2. The molecule has 0 aliphatic carbocycles. The van der Waals surface area contributed by atoms with Crippen molar-refractivity contribution in [2.45, 2.75) is 65.5 Å². The van der Waals surface area contributed by atoms with Gasteiger partial charge in [-0.15, -0.1) is 0 Å². The number of nitrogens with two attached hydrogens (primary N) is 1. The zero-order valence-electron chi connectivity index (χ0n) is 20.2. The lowest BCUT2D eigenvalue weighted by Gasteiger charge is -2.44. The van der Waals surface area contributed by atoms with Gasteiger partial charge < -0.3 is 15.8 Å². The fourth-order valence-electron chi connectivity index (χ4n) is 4.55. The SMILES string of the molecule is CCc1cc(C(C)Nc2ncnc(N)c2C(=N)C(F)F)c(OC)c(C2CN(C(C)C)C2)c1C. The molecule has 1 fully saturated rings. The van der Waals surface area contributed by atoms with Crippen LogP contribution in [0, 0.1) is 12.3 Å². The van der Waals surface area contributed by atoms with Gasteiger partial charge >= 0.3 is 0 Å². The van der Waals surface area contributed by atoms with Crippen LogP contribution in [0.2, 0.25) is 0 Å². The van der Waals surface area contributed by atoms with Crippen molar-refractivity contribution in [3.63, 3.8) is 0 Å². The summed E-state index contributed by atoms with van der Waals surface area (Å²) in [6, 6.07) is 2.27. The number of nitrogen functional groups attached to an aromatic ring is 1. The lowest BCUT2D eigenvalue weighted by atomic mass is 9.82. The van der Waals surface area contributed by atoms with E-state index in [-0.39, 0.29) is 23.2 Å². The first-order valence-electron chi connectivity index (χ1n) is 11.3. The molecule has 1 aliphatic heterocycles. The Hall–Kier alpha value is -2.81. The molecule has 0 bridgehead atoms. The maximum absolute atomic E-state index is 13.3. The van der Waals surface area contributed by atoms with Crippen molar-refractivity contribution in [1.82, 2.24) is 14.9 Å². The molecule has 1 aliphatic rings. The van der Waals surface area contributed by atoms with Crippen molar-refractivity contribution < 1.29 is 13.5 Å². The lowest BCUT2D eigenvalue weighted by molar-refractivity contribution is 0.108. The molecule has 4 N–H and O–H groups in total. The molecule has 33 heavy (non-hydrogen) atoms. The highest BCUT2D eigenvalue weighted by Crippen LogP contribution is 2.43. The van der Waals surface area contributed by atoms with Gasteiger partial charge in [-0.3, -0.25) is 10.3 Å². The van der Waals surface area contributed by atoms with E-state index in [9.17, 15) is 8.78 Å². The van der Waals surface area contributed by atoms with Gasteiger partial charge in [0.05, 0.1) is 18.7 Å². The summed E-state index contributed by atoms with van der Waals surface area (Å²) in [6.45, 7) is 12.5. The third-order valence-corrected chi connectivity index (χ3v) is 6.54. The van der Waals surface area contributed by atoms with Crippen LogP contribution in [0.15, 0.2) is 12.4 Å². The number of hydrogen-bond acceptors (Lipinski definition) is 7. The standard InChI is InChI=1S/C24H34F2N6O/c1-7-15-8-17(21(33-6)18(13(15)4)16-9-32(10-16)12(2)3)14(5)31-24-19(20(27)22(25)26)23(28)29-11-30-24/h8,11-12,14,16,22,27H,7,9-10H2,1-6H3,(H3,28,29,30,31). The van der Waals surface area contributed by atoms with Crippen LogP contribution >= 0.6 is 0 Å². The van der Waals surface area contributed by atoms with Crippen LogP contribution in [-0.4, -0.2) is 53.2 Å². The molecular weight excluding hydrogens is 426 g/mol. The summed E-state index contributed by atoms with van der Waals surface area (Å²) in [5, 5.41) is 11.0. The number of hydrogen-bond donors (Lipinski definition) is 3. The Balaban J connectivity index is 2.03. The normalized spacial score (nSPS) is 15.6. The number of aryl methyl sites for hydroxylation is 1. The van der Waals surface area contributed by atoms with E-state index in [1.807, 2.05) is 6.92 Å². The first kappa shape index (κ1) is 24.8. The molecule has 0 spiro atoms.